The normalized spacial score (nSPS) is 10.8. The van der Waals surface area contributed by atoms with Crippen molar-refractivity contribution in [1.29, 1.82) is 0 Å². The van der Waals surface area contributed by atoms with Gasteiger partial charge in [-0.3, -0.25) is 4.79 Å². The van der Waals surface area contributed by atoms with Crippen molar-refractivity contribution in [2.45, 2.75) is 13.8 Å². The van der Waals surface area contributed by atoms with Crippen LogP contribution in [0.4, 0.5) is 0 Å². The molecule has 0 bridgehead atoms. The van der Waals surface area contributed by atoms with E-state index in [2.05, 4.69) is 26.2 Å². The quantitative estimate of drug-likeness (QED) is 0.791. The average molecular weight is 284 g/mol. The Balaban J connectivity index is 2.51. The van der Waals surface area contributed by atoms with Gasteiger partial charge in [0.2, 0.25) is 5.78 Å². The third-order valence-corrected chi connectivity index (χ3v) is 2.82. The van der Waals surface area contributed by atoms with E-state index >= 15 is 0 Å². The largest absolute Gasteiger partial charge is 0.466 e. The predicted molar refractivity (Wildman–Crippen MR) is 60.3 cm³/mol. The number of hydrogen-bond donors (Lipinski definition) is 0. The van der Waals surface area contributed by atoms with Crippen LogP contribution in [0.1, 0.15) is 27.6 Å². The lowest BCUT2D eigenvalue weighted by Crippen LogP contribution is -2.09. The van der Waals surface area contributed by atoms with E-state index in [4.69, 9.17) is 4.42 Å². The van der Waals surface area contributed by atoms with Crippen molar-refractivity contribution in [1.82, 2.24) is 15.0 Å². The Morgan fingerprint density at radius 2 is 2.19 bits per heavy atom. The summed E-state index contributed by atoms with van der Waals surface area (Å²) in [5.74, 6) is 1.18. The zero-order valence-electron chi connectivity index (χ0n) is 9.11. The fraction of sp³-hybridized carbons (Fsp3) is 0.300. The molecule has 0 aliphatic rings. The topological polar surface area (TPSA) is 60.9 Å². The van der Waals surface area contributed by atoms with Gasteiger partial charge in [-0.2, -0.15) is 0 Å². The van der Waals surface area contributed by atoms with E-state index in [0.717, 1.165) is 0 Å². The first kappa shape index (κ1) is 11.1. The Morgan fingerprint density at radius 1 is 1.50 bits per heavy atom. The maximum atomic E-state index is 12.2. The van der Waals surface area contributed by atoms with Crippen LogP contribution in [0, 0.1) is 13.8 Å². The van der Waals surface area contributed by atoms with Gasteiger partial charge in [-0.25, -0.2) is 4.68 Å². The van der Waals surface area contributed by atoms with E-state index in [9.17, 15) is 4.79 Å². The molecule has 0 fully saturated rings. The Labute approximate surface area is 101 Å². The summed E-state index contributed by atoms with van der Waals surface area (Å²) in [6.07, 6.45) is 0. The summed E-state index contributed by atoms with van der Waals surface area (Å²) in [7, 11) is 1.67. The fourth-order valence-electron chi connectivity index (χ4n) is 1.56. The smallest absolute Gasteiger partial charge is 0.217 e. The molecule has 84 valence electrons. The third kappa shape index (κ3) is 1.69. The van der Waals surface area contributed by atoms with Crippen LogP contribution in [0.2, 0.25) is 0 Å². The molecule has 0 spiro atoms. The van der Waals surface area contributed by atoms with Crippen LogP contribution < -0.4 is 0 Å². The van der Waals surface area contributed by atoms with Crippen LogP contribution in [0.3, 0.4) is 0 Å². The van der Waals surface area contributed by atoms with Gasteiger partial charge in [-0.05, 0) is 35.8 Å². The average Bonchev–Trinajstić information content (AvgIpc) is 2.70. The number of halogens is 1. The summed E-state index contributed by atoms with van der Waals surface area (Å²) in [5, 5.41) is 7.54. The highest BCUT2D eigenvalue weighted by molar-refractivity contribution is 9.10. The van der Waals surface area contributed by atoms with Crippen LogP contribution >= 0.6 is 15.9 Å². The number of furan rings is 1. The van der Waals surface area contributed by atoms with E-state index in [0.29, 0.717) is 27.4 Å². The first-order chi connectivity index (χ1) is 7.50. The van der Waals surface area contributed by atoms with Crippen molar-refractivity contribution >= 4 is 21.7 Å². The van der Waals surface area contributed by atoms with Gasteiger partial charge >= 0.3 is 0 Å². The lowest BCUT2D eigenvalue weighted by atomic mass is 10.1. The Hall–Kier alpha value is -1.43. The molecular weight excluding hydrogens is 274 g/mol. The van der Waals surface area contributed by atoms with Gasteiger partial charge in [0.15, 0.2) is 4.60 Å². The Kier molecular flexibility index (Phi) is 2.67. The molecule has 2 aromatic heterocycles. The zero-order valence-corrected chi connectivity index (χ0v) is 10.7. The second-order valence-corrected chi connectivity index (χ2v) is 4.26. The molecule has 0 radical (unpaired) electrons. The first-order valence-electron chi connectivity index (χ1n) is 4.67. The highest BCUT2D eigenvalue weighted by atomic mass is 79.9. The summed E-state index contributed by atoms with van der Waals surface area (Å²) in [6.45, 7) is 3.57. The maximum Gasteiger partial charge on any atom is 0.217 e. The van der Waals surface area contributed by atoms with Crippen molar-refractivity contribution in [2.24, 2.45) is 7.05 Å². The molecule has 2 aromatic rings. The molecule has 0 saturated carbocycles. The molecular formula is C10H10BrN3O2. The van der Waals surface area contributed by atoms with Gasteiger partial charge in [-0.15, -0.1) is 5.10 Å². The third-order valence-electron chi connectivity index (χ3n) is 2.29. The van der Waals surface area contributed by atoms with Crippen LogP contribution in [0.25, 0.3) is 0 Å². The predicted octanol–water partition coefficient (Wildman–Crippen LogP) is 2.02. The van der Waals surface area contributed by atoms with Crippen molar-refractivity contribution < 1.29 is 9.21 Å². The minimum Gasteiger partial charge on any atom is -0.466 e. The van der Waals surface area contributed by atoms with Crippen molar-refractivity contribution in [3.05, 3.63) is 33.4 Å². The molecule has 2 heterocycles. The molecule has 0 aliphatic heterocycles. The number of hydrogen-bond acceptors (Lipinski definition) is 4. The minimum atomic E-state index is -0.145. The number of ketones is 1. The minimum absolute atomic E-state index is 0.145. The van der Waals surface area contributed by atoms with E-state index in [1.54, 1.807) is 27.0 Å². The number of carbonyl (C=O) groups is 1. The number of rotatable bonds is 2. The molecule has 0 saturated heterocycles. The summed E-state index contributed by atoms with van der Waals surface area (Å²) in [6, 6.07) is 1.72. The number of carbonyl (C=O) groups excluding carboxylic acids is 1. The molecule has 0 atom stereocenters. The lowest BCUT2D eigenvalue weighted by molar-refractivity contribution is 0.102. The highest BCUT2D eigenvalue weighted by Crippen LogP contribution is 2.21. The van der Waals surface area contributed by atoms with E-state index in [-0.39, 0.29) is 5.78 Å². The molecule has 0 aliphatic carbocycles. The van der Waals surface area contributed by atoms with Gasteiger partial charge in [0, 0.05) is 7.05 Å². The molecule has 0 amide bonds. The molecule has 0 aromatic carbocycles. The first-order valence-corrected chi connectivity index (χ1v) is 5.47. The Morgan fingerprint density at radius 3 is 2.62 bits per heavy atom. The van der Waals surface area contributed by atoms with Gasteiger partial charge in [0.05, 0.1) is 5.56 Å². The summed E-state index contributed by atoms with van der Waals surface area (Å²) >= 11 is 3.20. The van der Waals surface area contributed by atoms with Gasteiger partial charge in [0.1, 0.15) is 17.2 Å². The van der Waals surface area contributed by atoms with Gasteiger partial charge < -0.3 is 4.42 Å². The fourth-order valence-corrected chi connectivity index (χ4v) is 2.06. The molecule has 16 heavy (non-hydrogen) atoms. The van der Waals surface area contributed by atoms with Crippen LogP contribution in [-0.2, 0) is 7.05 Å². The van der Waals surface area contributed by atoms with Crippen molar-refractivity contribution in [2.75, 3.05) is 0 Å². The number of aromatic nitrogens is 3. The van der Waals surface area contributed by atoms with E-state index in [1.807, 2.05) is 0 Å². The lowest BCUT2D eigenvalue weighted by Gasteiger charge is -1.98. The monoisotopic (exact) mass is 283 g/mol. The summed E-state index contributed by atoms with van der Waals surface area (Å²) in [5.41, 5.74) is 0.965. The second kappa shape index (κ2) is 3.86. The molecule has 0 N–H and O–H groups in total. The summed E-state index contributed by atoms with van der Waals surface area (Å²) < 4.78 is 7.21. The van der Waals surface area contributed by atoms with Crippen LogP contribution in [-0.4, -0.2) is 20.8 Å². The van der Waals surface area contributed by atoms with Gasteiger partial charge in [-0.1, -0.05) is 5.21 Å². The van der Waals surface area contributed by atoms with E-state index < -0.39 is 0 Å². The highest BCUT2D eigenvalue weighted by Gasteiger charge is 2.22. The van der Waals surface area contributed by atoms with Crippen molar-refractivity contribution in [3.8, 4) is 0 Å². The summed E-state index contributed by atoms with van der Waals surface area (Å²) in [4.78, 5) is 12.2. The van der Waals surface area contributed by atoms with Crippen LogP contribution in [0.15, 0.2) is 15.1 Å². The number of nitrogens with zero attached hydrogens (tertiary/aromatic N) is 3. The standard InChI is InChI=1S/C10H10BrN3O2/c1-5-4-7(6(2)16-5)9(15)8-10(11)12-13-14(8)3/h4H,1-3H3. The maximum absolute atomic E-state index is 12.2. The number of aryl methyl sites for hydroxylation is 3. The second-order valence-electron chi connectivity index (χ2n) is 3.51. The zero-order chi connectivity index (χ0) is 11.9. The van der Waals surface area contributed by atoms with Gasteiger partial charge in [0.25, 0.3) is 0 Å². The SMILES string of the molecule is Cc1cc(C(=O)c2c(Br)nnn2C)c(C)o1. The Bertz CT molecular complexity index is 537. The van der Waals surface area contributed by atoms with E-state index in [1.165, 1.54) is 4.68 Å². The molecule has 5 nitrogen and oxygen atoms in total. The molecule has 0 unspecified atom stereocenters. The van der Waals surface area contributed by atoms with Crippen molar-refractivity contribution in [3.63, 3.8) is 0 Å². The van der Waals surface area contributed by atoms with Crippen LogP contribution in [0.5, 0.6) is 0 Å². The molecule has 6 heteroatoms. The molecule has 2 rings (SSSR count).